The average Bonchev–Trinajstić information content (AvgIpc) is 4.07. The van der Waals surface area contributed by atoms with Crippen molar-refractivity contribution in [3.8, 4) is 0 Å². The Hall–Kier alpha value is -5.22. The third kappa shape index (κ3) is 17.4. The SMILES string of the molecule is CC(C)(C)OC(=O)C1(N)CCCC1.CC(C)(C)OC(=O)C1(NC(=O)OCc2ccccc2)CCCC1.NC1(C(=O)O)CCCC1.O=C(NC1(C(=O)O)CCCC1)OCc1ccccc1. The van der Waals surface area contributed by atoms with Gasteiger partial charge in [-0.1, -0.05) is 112 Å². The Labute approximate surface area is 377 Å². The van der Waals surface area contributed by atoms with Gasteiger partial charge in [-0.05, 0) is 104 Å². The molecule has 356 valence electrons. The Bertz CT molecular complexity index is 1820. The standard InChI is InChI=1S/C18H25NO4.C14H17NO4.C10H19NO2.C6H11NO2/c1-17(2,3)23-15(20)18(11-7-8-12-18)19-16(21)22-13-14-9-5-4-6-10-14;16-12(17)14(8-4-5-9-14)15-13(18)19-10-11-6-2-1-3-7-11;1-9(2,3)13-8(12)10(11)6-4-5-7-10;7-6(5(8)9)3-1-2-4-6/h4-6,9-10H,7-8,11-13H2,1-3H3,(H,19,21);1-3,6-7H,4-5,8-10H2,(H,15,18)(H,16,17);4-7,11H2,1-3H3;1-4,7H2,(H,8,9). The van der Waals surface area contributed by atoms with Gasteiger partial charge in [-0.15, -0.1) is 0 Å². The van der Waals surface area contributed by atoms with E-state index < -0.39 is 57.5 Å². The van der Waals surface area contributed by atoms with E-state index in [0.29, 0.717) is 38.5 Å². The van der Waals surface area contributed by atoms with Gasteiger partial charge in [-0.25, -0.2) is 19.2 Å². The summed E-state index contributed by atoms with van der Waals surface area (Å²) in [7, 11) is 0. The molecule has 0 spiro atoms. The fourth-order valence-electron chi connectivity index (χ4n) is 7.82. The predicted molar refractivity (Wildman–Crippen MR) is 240 cm³/mol. The smallest absolute Gasteiger partial charge is 0.408 e. The zero-order valence-electron chi connectivity index (χ0n) is 38.6. The van der Waals surface area contributed by atoms with Crippen LogP contribution in [0.2, 0.25) is 0 Å². The van der Waals surface area contributed by atoms with Gasteiger partial charge in [-0.2, -0.15) is 0 Å². The van der Waals surface area contributed by atoms with Crippen LogP contribution in [0.4, 0.5) is 9.59 Å². The summed E-state index contributed by atoms with van der Waals surface area (Å²) in [5, 5.41) is 23.0. The maximum atomic E-state index is 12.5. The number of benzene rings is 2. The zero-order valence-corrected chi connectivity index (χ0v) is 38.6. The Morgan fingerprint density at radius 1 is 0.500 bits per heavy atom. The van der Waals surface area contributed by atoms with Gasteiger partial charge in [0.2, 0.25) is 0 Å². The lowest BCUT2D eigenvalue weighted by Crippen LogP contribution is -2.54. The molecule has 4 fully saturated rings. The second-order valence-electron chi connectivity index (χ2n) is 19.3. The average molecular weight is 897 g/mol. The molecule has 4 aliphatic carbocycles. The van der Waals surface area contributed by atoms with Gasteiger partial charge >= 0.3 is 36.1 Å². The highest BCUT2D eigenvalue weighted by atomic mass is 16.6. The molecule has 16 heteroatoms. The maximum Gasteiger partial charge on any atom is 0.408 e. The van der Waals surface area contributed by atoms with Crippen LogP contribution in [-0.4, -0.2) is 79.6 Å². The van der Waals surface area contributed by atoms with E-state index in [4.69, 9.17) is 35.5 Å². The number of esters is 2. The summed E-state index contributed by atoms with van der Waals surface area (Å²) in [6.07, 6.45) is 11.0. The monoisotopic (exact) mass is 897 g/mol. The van der Waals surface area contributed by atoms with Gasteiger partial charge in [0.15, 0.2) is 0 Å². The Kier molecular flexibility index (Phi) is 19.6. The number of carbonyl (C=O) groups excluding carboxylic acids is 4. The van der Waals surface area contributed by atoms with E-state index >= 15 is 0 Å². The molecule has 0 saturated heterocycles. The molecule has 64 heavy (non-hydrogen) atoms. The highest BCUT2D eigenvalue weighted by Gasteiger charge is 2.46. The van der Waals surface area contributed by atoms with Gasteiger partial charge in [0.05, 0.1) is 0 Å². The van der Waals surface area contributed by atoms with Crippen molar-refractivity contribution in [3.63, 3.8) is 0 Å². The number of carbonyl (C=O) groups is 6. The van der Waals surface area contributed by atoms with Gasteiger partial charge in [-0.3, -0.25) is 9.59 Å². The number of amides is 2. The minimum Gasteiger partial charge on any atom is -0.480 e. The summed E-state index contributed by atoms with van der Waals surface area (Å²) in [6, 6.07) is 18.7. The third-order valence-electron chi connectivity index (χ3n) is 11.4. The molecule has 2 aromatic carbocycles. The molecular formula is C48H72N4O12. The van der Waals surface area contributed by atoms with Crippen LogP contribution in [0.1, 0.15) is 155 Å². The van der Waals surface area contributed by atoms with E-state index in [1.54, 1.807) is 0 Å². The third-order valence-corrected chi connectivity index (χ3v) is 11.4. The molecule has 4 saturated carbocycles. The first-order valence-corrected chi connectivity index (χ1v) is 22.4. The number of nitrogens with one attached hydrogen (secondary N) is 2. The van der Waals surface area contributed by atoms with Crippen LogP contribution >= 0.6 is 0 Å². The van der Waals surface area contributed by atoms with E-state index in [0.717, 1.165) is 75.3 Å². The minimum absolute atomic E-state index is 0.141. The lowest BCUT2D eigenvalue weighted by molar-refractivity contribution is -0.163. The largest absolute Gasteiger partial charge is 0.480 e. The molecule has 4 aliphatic rings. The summed E-state index contributed by atoms with van der Waals surface area (Å²) in [4.78, 5) is 69.6. The predicted octanol–water partition coefficient (Wildman–Crippen LogP) is 7.82. The van der Waals surface area contributed by atoms with E-state index in [1.807, 2.05) is 102 Å². The van der Waals surface area contributed by atoms with E-state index in [-0.39, 0.29) is 25.2 Å². The highest BCUT2D eigenvalue weighted by Crippen LogP contribution is 2.33. The van der Waals surface area contributed by atoms with Crippen LogP contribution in [0, 0.1) is 0 Å². The summed E-state index contributed by atoms with van der Waals surface area (Å²) < 4.78 is 21.0. The van der Waals surface area contributed by atoms with Crippen molar-refractivity contribution >= 4 is 36.1 Å². The minimum atomic E-state index is -1.15. The van der Waals surface area contributed by atoms with Crippen LogP contribution in [0.3, 0.4) is 0 Å². The van der Waals surface area contributed by atoms with E-state index in [9.17, 15) is 33.9 Å². The molecule has 0 radical (unpaired) electrons. The van der Waals surface area contributed by atoms with Gasteiger partial charge in [0.1, 0.15) is 46.6 Å². The molecule has 0 heterocycles. The normalized spacial score (nSPS) is 18.8. The number of aliphatic carboxylic acids is 2. The van der Waals surface area contributed by atoms with Crippen molar-refractivity contribution in [1.29, 1.82) is 0 Å². The van der Waals surface area contributed by atoms with Crippen molar-refractivity contribution < 1.29 is 57.9 Å². The number of ether oxygens (including phenoxy) is 4. The molecule has 0 aliphatic heterocycles. The van der Waals surface area contributed by atoms with Crippen LogP contribution in [0.5, 0.6) is 0 Å². The molecule has 0 aromatic heterocycles. The molecule has 16 nitrogen and oxygen atoms in total. The number of hydrogen-bond donors (Lipinski definition) is 6. The second-order valence-corrected chi connectivity index (χ2v) is 19.3. The Morgan fingerprint density at radius 3 is 1.17 bits per heavy atom. The van der Waals surface area contributed by atoms with Crippen LogP contribution < -0.4 is 22.1 Å². The summed E-state index contributed by atoms with van der Waals surface area (Å²) in [5.41, 5.74) is 8.51. The topological polar surface area (TPSA) is 256 Å². The van der Waals surface area contributed by atoms with Gasteiger partial charge < -0.3 is 51.3 Å². The molecular weight excluding hydrogens is 825 g/mol. The van der Waals surface area contributed by atoms with Crippen LogP contribution in [0.25, 0.3) is 0 Å². The number of alkyl carbamates (subject to hydrolysis) is 2. The lowest BCUT2D eigenvalue weighted by atomic mass is 9.97. The quantitative estimate of drug-likeness (QED) is 0.0982. The molecule has 0 unspecified atom stereocenters. The first kappa shape index (κ1) is 53.1. The molecule has 2 aromatic rings. The number of hydrogen-bond acceptors (Lipinski definition) is 12. The fraction of sp³-hybridized carbons (Fsp3) is 0.625. The Morgan fingerprint density at radius 2 is 0.828 bits per heavy atom. The fourth-order valence-corrected chi connectivity index (χ4v) is 7.82. The van der Waals surface area contributed by atoms with Crippen molar-refractivity contribution in [2.75, 3.05) is 0 Å². The van der Waals surface area contributed by atoms with Crippen molar-refractivity contribution in [2.45, 2.75) is 191 Å². The summed E-state index contributed by atoms with van der Waals surface area (Å²) in [6.45, 7) is 11.4. The number of rotatable bonds is 10. The molecule has 8 N–H and O–H groups in total. The van der Waals surface area contributed by atoms with Gasteiger partial charge in [0, 0.05) is 0 Å². The molecule has 0 atom stereocenters. The van der Waals surface area contributed by atoms with Crippen LogP contribution in [0.15, 0.2) is 60.7 Å². The molecule has 6 rings (SSSR count). The number of carboxylic acid groups (broad SMARTS) is 2. The molecule has 2 amide bonds. The van der Waals surface area contributed by atoms with E-state index in [2.05, 4.69) is 10.6 Å². The number of carboxylic acids is 2. The first-order valence-electron chi connectivity index (χ1n) is 22.4. The molecule has 0 bridgehead atoms. The zero-order chi connectivity index (χ0) is 47.7. The van der Waals surface area contributed by atoms with E-state index in [1.165, 1.54) is 0 Å². The van der Waals surface area contributed by atoms with Crippen LogP contribution in [-0.2, 0) is 51.3 Å². The highest BCUT2D eigenvalue weighted by molar-refractivity contribution is 5.86. The maximum absolute atomic E-state index is 12.5. The van der Waals surface area contributed by atoms with Gasteiger partial charge in [0.25, 0.3) is 0 Å². The van der Waals surface area contributed by atoms with Crippen molar-refractivity contribution in [3.05, 3.63) is 71.8 Å². The second kappa shape index (κ2) is 23.6. The Balaban J connectivity index is 0.000000239. The number of nitrogens with two attached hydrogens (primary N) is 2. The van der Waals surface area contributed by atoms with Crippen molar-refractivity contribution in [2.24, 2.45) is 11.5 Å². The first-order chi connectivity index (χ1) is 29.9. The van der Waals surface area contributed by atoms with Crippen molar-refractivity contribution in [1.82, 2.24) is 10.6 Å². The lowest BCUT2D eigenvalue weighted by Gasteiger charge is -2.31. The summed E-state index contributed by atoms with van der Waals surface area (Å²) >= 11 is 0. The summed E-state index contributed by atoms with van der Waals surface area (Å²) in [5.74, 6) is -2.45.